The number of fused-ring (bicyclic) bond motifs is 1. The number of carbonyl (C=O) groups excluding carboxylic acids is 2. The number of aromatic nitrogens is 2. The Kier molecular flexibility index (Phi) is 5.16. The van der Waals surface area contributed by atoms with Gasteiger partial charge in [0.2, 0.25) is 0 Å². The van der Waals surface area contributed by atoms with Crippen LogP contribution >= 0.6 is 11.3 Å². The van der Waals surface area contributed by atoms with E-state index in [0.717, 1.165) is 16.6 Å². The second-order valence-corrected chi connectivity index (χ2v) is 7.19. The molecule has 0 bridgehead atoms. The number of benzene rings is 1. The van der Waals surface area contributed by atoms with Crippen LogP contribution in [0.25, 0.3) is 10.9 Å². The minimum atomic E-state index is -0.170. The monoisotopic (exact) mass is 390 g/mol. The van der Waals surface area contributed by atoms with Crippen LogP contribution in [0.1, 0.15) is 25.9 Å². The summed E-state index contributed by atoms with van der Waals surface area (Å²) in [6, 6.07) is 16.6. The number of thiophene rings is 1. The minimum absolute atomic E-state index is 0.141. The van der Waals surface area contributed by atoms with E-state index in [4.69, 9.17) is 0 Å². The van der Waals surface area contributed by atoms with Crippen molar-refractivity contribution < 1.29 is 9.59 Å². The maximum Gasteiger partial charge on any atom is 0.267 e. The van der Waals surface area contributed by atoms with Crippen molar-refractivity contribution >= 4 is 39.7 Å². The van der Waals surface area contributed by atoms with Crippen LogP contribution < -0.4 is 10.6 Å². The molecule has 3 heterocycles. The van der Waals surface area contributed by atoms with Gasteiger partial charge in [-0.1, -0.05) is 12.1 Å². The highest BCUT2D eigenvalue weighted by Crippen LogP contribution is 2.21. The van der Waals surface area contributed by atoms with Gasteiger partial charge >= 0.3 is 0 Å². The van der Waals surface area contributed by atoms with Crippen molar-refractivity contribution in [2.24, 2.45) is 0 Å². The molecule has 0 spiro atoms. The number of nitrogens with one attached hydrogen (secondary N) is 3. The van der Waals surface area contributed by atoms with Crippen molar-refractivity contribution in [2.75, 3.05) is 11.9 Å². The molecule has 7 heteroatoms. The smallest absolute Gasteiger partial charge is 0.267 e. The Morgan fingerprint density at radius 3 is 2.75 bits per heavy atom. The number of carbonyl (C=O) groups is 2. The first-order chi connectivity index (χ1) is 13.7. The molecule has 0 aliphatic rings. The maximum atomic E-state index is 12.4. The predicted molar refractivity (Wildman–Crippen MR) is 111 cm³/mol. The van der Waals surface area contributed by atoms with Crippen LogP contribution in [0, 0.1) is 0 Å². The van der Waals surface area contributed by atoms with E-state index in [1.165, 1.54) is 11.3 Å². The number of hydrogen-bond acceptors (Lipinski definition) is 4. The molecule has 0 saturated heterocycles. The summed E-state index contributed by atoms with van der Waals surface area (Å²) in [5.41, 5.74) is 2.94. The molecule has 28 heavy (non-hydrogen) atoms. The van der Waals surface area contributed by atoms with E-state index in [1.807, 2.05) is 47.8 Å². The SMILES string of the molecule is O=C(NCCc1ccccn1)c1cc2cc(NC(=O)c3cccs3)ccc2[nH]1. The Bertz CT molecular complexity index is 1100. The topological polar surface area (TPSA) is 86.9 Å². The maximum absolute atomic E-state index is 12.4. The number of nitrogens with zero attached hydrogens (tertiary/aromatic N) is 1. The van der Waals surface area contributed by atoms with E-state index in [-0.39, 0.29) is 11.8 Å². The lowest BCUT2D eigenvalue weighted by Crippen LogP contribution is -2.26. The van der Waals surface area contributed by atoms with Crippen LogP contribution in [0.3, 0.4) is 0 Å². The normalized spacial score (nSPS) is 10.7. The lowest BCUT2D eigenvalue weighted by molar-refractivity contribution is 0.0949. The third kappa shape index (κ3) is 4.10. The molecule has 0 unspecified atom stereocenters. The van der Waals surface area contributed by atoms with Gasteiger partial charge in [0.05, 0.1) is 4.88 Å². The van der Waals surface area contributed by atoms with Crippen molar-refractivity contribution in [3.05, 3.63) is 82.4 Å². The Morgan fingerprint density at radius 1 is 1.04 bits per heavy atom. The molecule has 0 aliphatic heterocycles. The average Bonchev–Trinajstić information content (AvgIpc) is 3.38. The first-order valence-corrected chi connectivity index (χ1v) is 9.73. The van der Waals surface area contributed by atoms with Crippen molar-refractivity contribution in [1.82, 2.24) is 15.3 Å². The summed E-state index contributed by atoms with van der Waals surface area (Å²) >= 11 is 1.39. The van der Waals surface area contributed by atoms with Crippen molar-refractivity contribution in [1.29, 1.82) is 0 Å². The van der Waals surface area contributed by atoms with Gasteiger partial charge in [0.25, 0.3) is 11.8 Å². The number of rotatable bonds is 6. The molecular weight excluding hydrogens is 372 g/mol. The van der Waals surface area contributed by atoms with Crippen molar-refractivity contribution in [3.63, 3.8) is 0 Å². The molecule has 0 saturated carbocycles. The number of H-pyrrole nitrogens is 1. The molecule has 4 aromatic rings. The van der Waals surface area contributed by atoms with Gasteiger partial charge in [-0.3, -0.25) is 14.6 Å². The number of aromatic amines is 1. The van der Waals surface area contributed by atoms with Crippen molar-refractivity contribution in [2.45, 2.75) is 6.42 Å². The Morgan fingerprint density at radius 2 is 1.96 bits per heavy atom. The third-order valence-corrected chi connectivity index (χ3v) is 5.13. The lowest BCUT2D eigenvalue weighted by atomic mass is 10.2. The molecular formula is C21H18N4O2S. The van der Waals surface area contributed by atoms with Crippen LogP contribution in [0.15, 0.2) is 66.2 Å². The highest BCUT2D eigenvalue weighted by Gasteiger charge is 2.11. The van der Waals surface area contributed by atoms with Gasteiger partial charge in [0, 0.05) is 41.4 Å². The van der Waals surface area contributed by atoms with E-state index < -0.39 is 0 Å². The first-order valence-electron chi connectivity index (χ1n) is 8.85. The summed E-state index contributed by atoms with van der Waals surface area (Å²) < 4.78 is 0. The van der Waals surface area contributed by atoms with Crippen LogP contribution in [-0.2, 0) is 6.42 Å². The molecule has 4 rings (SSSR count). The zero-order chi connectivity index (χ0) is 19.3. The summed E-state index contributed by atoms with van der Waals surface area (Å²) in [4.78, 5) is 32.6. The van der Waals surface area contributed by atoms with Gasteiger partial charge in [0.15, 0.2) is 0 Å². The zero-order valence-corrected chi connectivity index (χ0v) is 15.8. The van der Waals surface area contributed by atoms with Crippen LogP contribution in [0.4, 0.5) is 5.69 Å². The number of pyridine rings is 1. The fraction of sp³-hybridized carbons (Fsp3) is 0.0952. The zero-order valence-electron chi connectivity index (χ0n) is 14.9. The Balaban J connectivity index is 1.41. The Labute approximate surface area is 165 Å². The molecule has 2 amide bonds. The van der Waals surface area contributed by atoms with Crippen LogP contribution in [-0.4, -0.2) is 28.3 Å². The van der Waals surface area contributed by atoms with E-state index in [1.54, 1.807) is 18.3 Å². The molecule has 0 aliphatic carbocycles. The van der Waals surface area contributed by atoms with Crippen molar-refractivity contribution in [3.8, 4) is 0 Å². The lowest BCUT2D eigenvalue weighted by Gasteiger charge is -2.03. The second-order valence-electron chi connectivity index (χ2n) is 6.24. The fourth-order valence-electron chi connectivity index (χ4n) is 2.88. The quantitative estimate of drug-likeness (QED) is 0.467. The molecule has 3 aromatic heterocycles. The molecule has 0 fully saturated rings. The Hall–Kier alpha value is -3.45. The molecule has 1 aromatic carbocycles. The highest BCUT2D eigenvalue weighted by atomic mass is 32.1. The minimum Gasteiger partial charge on any atom is -0.351 e. The fourth-order valence-corrected chi connectivity index (χ4v) is 3.50. The van der Waals surface area contributed by atoms with Gasteiger partial charge in [-0.15, -0.1) is 11.3 Å². The van der Waals surface area contributed by atoms with E-state index in [2.05, 4.69) is 20.6 Å². The highest BCUT2D eigenvalue weighted by molar-refractivity contribution is 7.12. The summed E-state index contributed by atoms with van der Waals surface area (Å²) in [5, 5.41) is 8.50. The summed E-state index contributed by atoms with van der Waals surface area (Å²) in [5.74, 6) is -0.311. The van der Waals surface area contributed by atoms with Gasteiger partial charge in [0.1, 0.15) is 5.69 Å². The van der Waals surface area contributed by atoms with E-state index >= 15 is 0 Å². The molecule has 0 radical (unpaired) electrons. The second kappa shape index (κ2) is 8.06. The third-order valence-electron chi connectivity index (χ3n) is 4.26. The summed E-state index contributed by atoms with van der Waals surface area (Å²) in [6.07, 6.45) is 2.41. The molecule has 0 atom stereocenters. The number of amides is 2. The van der Waals surface area contributed by atoms with Crippen LogP contribution in [0.5, 0.6) is 0 Å². The largest absolute Gasteiger partial charge is 0.351 e. The first kappa shape index (κ1) is 17.9. The standard InChI is InChI=1S/C21H18N4O2S/c26-20(23-10-8-15-4-1-2-9-22-15)18-13-14-12-16(6-7-17(14)25-18)24-21(27)19-5-3-11-28-19/h1-7,9,11-13,25H,8,10H2,(H,23,26)(H,24,27). The molecule has 6 nitrogen and oxygen atoms in total. The van der Waals surface area contributed by atoms with Crippen LogP contribution in [0.2, 0.25) is 0 Å². The van der Waals surface area contributed by atoms with Gasteiger partial charge in [-0.2, -0.15) is 0 Å². The summed E-state index contributed by atoms with van der Waals surface area (Å²) in [7, 11) is 0. The van der Waals surface area contributed by atoms with E-state index in [9.17, 15) is 9.59 Å². The summed E-state index contributed by atoms with van der Waals surface area (Å²) in [6.45, 7) is 0.507. The van der Waals surface area contributed by atoms with Gasteiger partial charge < -0.3 is 15.6 Å². The number of anilines is 1. The average molecular weight is 390 g/mol. The van der Waals surface area contributed by atoms with E-state index in [0.29, 0.717) is 29.2 Å². The number of hydrogen-bond donors (Lipinski definition) is 3. The van der Waals surface area contributed by atoms with Gasteiger partial charge in [-0.25, -0.2) is 0 Å². The predicted octanol–water partition coefficient (Wildman–Crippen LogP) is 3.85. The van der Waals surface area contributed by atoms with Gasteiger partial charge in [-0.05, 0) is 47.8 Å². The molecule has 140 valence electrons. The molecule has 3 N–H and O–H groups in total.